The van der Waals surface area contributed by atoms with Gasteiger partial charge in [0.15, 0.2) is 5.82 Å². The first-order valence-corrected chi connectivity index (χ1v) is 7.89. The van der Waals surface area contributed by atoms with Gasteiger partial charge in [0, 0.05) is 26.1 Å². The zero-order valence-electron chi connectivity index (χ0n) is 13.8. The van der Waals surface area contributed by atoms with Gasteiger partial charge in [0.05, 0.1) is 6.04 Å². The van der Waals surface area contributed by atoms with Crippen LogP contribution < -0.4 is 10.1 Å². The van der Waals surface area contributed by atoms with Crippen LogP contribution in [0.3, 0.4) is 0 Å². The Hall–Kier alpha value is -1.77. The van der Waals surface area contributed by atoms with Gasteiger partial charge in [-0.05, 0) is 31.2 Å². The third-order valence-corrected chi connectivity index (χ3v) is 4.07. The lowest BCUT2D eigenvalue weighted by Crippen LogP contribution is -2.44. The molecule has 0 radical (unpaired) electrons. The molecular weight excluding hydrogens is 354 g/mol. The molecule has 1 aromatic heterocycles. The van der Waals surface area contributed by atoms with E-state index in [9.17, 15) is 8.78 Å². The molecule has 0 bridgehead atoms. The predicted octanol–water partition coefficient (Wildman–Crippen LogP) is 2.45. The zero-order valence-corrected chi connectivity index (χ0v) is 14.6. The van der Waals surface area contributed by atoms with Crippen LogP contribution >= 0.6 is 12.4 Å². The number of aryl methyl sites for hydroxylation is 2. The van der Waals surface area contributed by atoms with Gasteiger partial charge in [0.2, 0.25) is 5.89 Å². The summed E-state index contributed by atoms with van der Waals surface area (Å²) in [6.07, 6.45) is 1.29. The Morgan fingerprint density at radius 2 is 2.08 bits per heavy atom. The number of benzene rings is 1. The van der Waals surface area contributed by atoms with Gasteiger partial charge in [-0.15, -0.1) is 12.4 Å². The number of hydrogen-bond donors (Lipinski definition) is 1. The highest BCUT2D eigenvalue weighted by Gasteiger charge is 2.25. The zero-order chi connectivity index (χ0) is 16.9. The molecule has 1 N–H and O–H groups in total. The standard InChI is InChI=1S/C16H20F2N4O2.ClH/c1-22-9-8-19-10-13(22)15-20-14(24-21-15)7-4-11-2-5-12(6-3-11)23-16(17)18;/h2-3,5-6,13,16,19H,4,7-10H2,1H3;1H. The van der Waals surface area contributed by atoms with Crippen LogP contribution in [0, 0.1) is 0 Å². The Labute approximate surface area is 150 Å². The van der Waals surface area contributed by atoms with Crippen molar-refractivity contribution in [2.75, 3.05) is 26.7 Å². The van der Waals surface area contributed by atoms with E-state index in [1.165, 1.54) is 12.1 Å². The van der Waals surface area contributed by atoms with Crippen LogP contribution in [0.25, 0.3) is 0 Å². The van der Waals surface area contributed by atoms with Crippen LogP contribution in [0.4, 0.5) is 8.78 Å². The fourth-order valence-corrected chi connectivity index (χ4v) is 2.69. The van der Waals surface area contributed by atoms with Gasteiger partial charge in [0.25, 0.3) is 0 Å². The highest BCUT2D eigenvalue weighted by Crippen LogP contribution is 2.19. The summed E-state index contributed by atoms with van der Waals surface area (Å²) in [4.78, 5) is 6.67. The van der Waals surface area contributed by atoms with Crippen LogP contribution in [0.15, 0.2) is 28.8 Å². The Bertz CT molecular complexity index is 654. The second-order valence-corrected chi connectivity index (χ2v) is 5.77. The summed E-state index contributed by atoms with van der Waals surface area (Å²) in [5, 5.41) is 7.40. The van der Waals surface area contributed by atoms with Crippen molar-refractivity contribution in [1.29, 1.82) is 0 Å². The van der Waals surface area contributed by atoms with Crippen LogP contribution in [0.2, 0.25) is 0 Å². The average Bonchev–Trinajstić information content (AvgIpc) is 3.03. The molecule has 1 aliphatic heterocycles. The molecule has 25 heavy (non-hydrogen) atoms. The van der Waals surface area contributed by atoms with Crippen LogP contribution in [-0.2, 0) is 12.8 Å². The van der Waals surface area contributed by atoms with Gasteiger partial charge < -0.3 is 14.6 Å². The van der Waals surface area contributed by atoms with Crippen molar-refractivity contribution in [3.05, 3.63) is 41.5 Å². The van der Waals surface area contributed by atoms with Crippen molar-refractivity contribution in [2.24, 2.45) is 0 Å². The van der Waals surface area contributed by atoms with Gasteiger partial charge in [-0.3, -0.25) is 4.90 Å². The first-order valence-electron chi connectivity index (χ1n) is 7.89. The minimum Gasteiger partial charge on any atom is -0.435 e. The largest absolute Gasteiger partial charge is 0.435 e. The van der Waals surface area contributed by atoms with Gasteiger partial charge in [0.1, 0.15) is 5.75 Å². The van der Waals surface area contributed by atoms with Gasteiger partial charge in [-0.2, -0.15) is 13.8 Å². The smallest absolute Gasteiger partial charge is 0.387 e. The second-order valence-electron chi connectivity index (χ2n) is 5.77. The molecule has 9 heteroatoms. The van der Waals surface area contributed by atoms with E-state index in [2.05, 4.69) is 25.1 Å². The van der Waals surface area contributed by atoms with E-state index in [1.807, 2.05) is 7.05 Å². The molecular formula is C16H21ClF2N4O2. The molecule has 1 fully saturated rings. The van der Waals surface area contributed by atoms with Gasteiger partial charge in [-0.25, -0.2) is 0 Å². The summed E-state index contributed by atoms with van der Waals surface area (Å²) in [7, 11) is 2.05. The van der Waals surface area contributed by atoms with E-state index < -0.39 is 6.61 Å². The summed E-state index contributed by atoms with van der Waals surface area (Å²) < 4.78 is 33.9. The maximum Gasteiger partial charge on any atom is 0.387 e. The van der Waals surface area contributed by atoms with Crippen molar-refractivity contribution >= 4 is 12.4 Å². The third kappa shape index (κ3) is 5.35. The Morgan fingerprint density at radius 1 is 1.32 bits per heavy atom. The Kier molecular flexibility index (Phi) is 7.10. The molecule has 0 amide bonds. The number of aromatic nitrogens is 2. The predicted molar refractivity (Wildman–Crippen MR) is 90.3 cm³/mol. The molecule has 2 aromatic rings. The van der Waals surface area contributed by atoms with Crippen LogP contribution in [-0.4, -0.2) is 48.3 Å². The fourth-order valence-electron chi connectivity index (χ4n) is 2.69. The van der Waals surface area contributed by atoms with Crippen molar-refractivity contribution in [3.63, 3.8) is 0 Å². The number of nitrogens with zero attached hydrogens (tertiary/aromatic N) is 3. The lowest BCUT2D eigenvalue weighted by molar-refractivity contribution is -0.0498. The molecule has 1 atom stereocenters. The number of alkyl halides is 2. The molecule has 3 rings (SSSR count). The molecule has 1 aliphatic rings. The Morgan fingerprint density at radius 3 is 2.76 bits per heavy atom. The lowest BCUT2D eigenvalue weighted by atomic mass is 10.1. The quantitative estimate of drug-likeness (QED) is 0.838. The van der Waals surface area contributed by atoms with E-state index in [4.69, 9.17) is 4.52 Å². The van der Waals surface area contributed by atoms with E-state index in [-0.39, 0.29) is 24.2 Å². The monoisotopic (exact) mass is 374 g/mol. The van der Waals surface area contributed by atoms with Gasteiger partial charge in [-0.1, -0.05) is 17.3 Å². The maximum absolute atomic E-state index is 12.1. The second kappa shape index (κ2) is 9.07. The minimum atomic E-state index is -2.81. The number of nitrogens with one attached hydrogen (secondary N) is 1. The minimum absolute atomic E-state index is 0. The first kappa shape index (κ1) is 19.6. The van der Waals surface area contributed by atoms with Crippen LogP contribution in [0.1, 0.15) is 23.3 Å². The number of likely N-dealkylation sites (N-methyl/N-ethyl adjacent to an activating group) is 1. The van der Waals surface area contributed by atoms with Crippen molar-refractivity contribution < 1.29 is 18.0 Å². The molecule has 1 aromatic carbocycles. The molecule has 0 saturated carbocycles. The number of ether oxygens (including phenoxy) is 1. The first-order chi connectivity index (χ1) is 11.6. The lowest BCUT2D eigenvalue weighted by Gasteiger charge is -2.30. The SMILES string of the molecule is CN1CCNCC1c1noc(CCc2ccc(OC(F)F)cc2)n1.Cl. The van der Waals surface area contributed by atoms with E-state index in [1.54, 1.807) is 12.1 Å². The van der Waals surface area contributed by atoms with Gasteiger partial charge >= 0.3 is 6.61 Å². The average molecular weight is 375 g/mol. The van der Waals surface area contributed by atoms with Crippen molar-refractivity contribution in [2.45, 2.75) is 25.5 Å². The summed E-state index contributed by atoms with van der Waals surface area (Å²) in [5.74, 6) is 1.43. The summed E-state index contributed by atoms with van der Waals surface area (Å²) in [5.41, 5.74) is 0.993. The van der Waals surface area contributed by atoms with E-state index in [0.717, 1.165) is 25.2 Å². The Balaban J connectivity index is 0.00000225. The fraction of sp³-hybridized carbons (Fsp3) is 0.500. The van der Waals surface area contributed by atoms with E-state index in [0.29, 0.717) is 24.6 Å². The molecule has 1 unspecified atom stereocenters. The maximum atomic E-state index is 12.1. The number of rotatable bonds is 6. The summed E-state index contributed by atoms with van der Waals surface area (Å²) >= 11 is 0. The summed E-state index contributed by atoms with van der Waals surface area (Å²) in [6.45, 7) is -0.0916. The normalized spacial score (nSPS) is 18.2. The third-order valence-electron chi connectivity index (χ3n) is 4.07. The number of halogens is 3. The molecule has 6 nitrogen and oxygen atoms in total. The molecule has 2 heterocycles. The molecule has 138 valence electrons. The summed E-state index contributed by atoms with van der Waals surface area (Å²) in [6, 6.07) is 6.70. The highest BCUT2D eigenvalue weighted by molar-refractivity contribution is 5.85. The molecule has 1 saturated heterocycles. The topological polar surface area (TPSA) is 63.4 Å². The number of hydrogen-bond acceptors (Lipinski definition) is 6. The van der Waals surface area contributed by atoms with Crippen LogP contribution in [0.5, 0.6) is 5.75 Å². The number of piperazine rings is 1. The van der Waals surface area contributed by atoms with Crippen molar-refractivity contribution in [3.8, 4) is 5.75 Å². The molecule has 0 aliphatic carbocycles. The highest BCUT2D eigenvalue weighted by atomic mass is 35.5. The molecule has 0 spiro atoms. The van der Waals surface area contributed by atoms with Crippen molar-refractivity contribution in [1.82, 2.24) is 20.4 Å². The van der Waals surface area contributed by atoms with E-state index >= 15 is 0 Å².